The van der Waals surface area contributed by atoms with Crippen LogP contribution in [0.3, 0.4) is 0 Å². The van der Waals surface area contributed by atoms with Gasteiger partial charge in [-0.2, -0.15) is 0 Å². The number of carbonyl (C=O) groups is 4. The van der Waals surface area contributed by atoms with Crippen LogP contribution >= 0.6 is 0 Å². The number of nitrogens with one attached hydrogen (secondary N) is 1. The van der Waals surface area contributed by atoms with Crippen molar-refractivity contribution in [1.82, 2.24) is 10.2 Å². The van der Waals surface area contributed by atoms with Gasteiger partial charge in [-0.25, -0.2) is 0 Å². The molecule has 0 aromatic rings. The van der Waals surface area contributed by atoms with Gasteiger partial charge < -0.3 is 5.32 Å². The van der Waals surface area contributed by atoms with Gasteiger partial charge in [-0.1, -0.05) is 6.42 Å². The minimum absolute atomic E-state index is 0.0465. The van der Waals surface area contributed by atoms with Crippen LogP contribution in [-0.4, -0.2) is 41.5 Å². The van der Waals surface area contributed by atoms with Gasteiger partial charge in [0.05, 0.1) is 0 Å². The third-order valence-electron chi connectivity index (χ3n) is 4.56. The fourth-order valence-corrected chi connectivity index (χ4v) is 2.86. The molecule has 1 heterocycles. The van der Waals surface area contributed by atoms with Gasteiger partial charge in [0.25, 0.3) is 11.8 Å². The second-order valence-electron chi connectivity index (χ2n) is 5.97. The summed E-state index contributed by atoms with van der Waals surface area (Å²) in [6, 6.07) is 0. The molecule has 1 N–H and O–H groups in total. The maximum atomic E-state index is 12.1. The zero-order chi connectivity index (χ0) is 16.2. The Morgan fingerprint density at radius 2 is 1.77 bits per heavy atom. The van der Waals surface area contributed by atoms with Gasteiger partial charge in [0, 0.05) is 25.2 Å². The van der Waals surface area contributed by atoms with Gasteiger partial charge in [-0.15, -0.1) is 0 Å². The first-order valence-electron chi connectivity index (χ1n) is 7.80. The van der Waals surface area contributed by atoms with E-state index in [0.29, 0.717) is 32.4 Å². The Bertz CT molecular complexity index is 502. The van der Waals surface area contributed by atoms with E-state index in [9.17, 15) is 19.2 Å². The van der Waals surface area contributed by atoms with Crippen molar-refractivity contribution in [2.75, 3.05) is 13.1 Å². The predicted molar refractivity (Wildman–Crippen MR) is 79.7 cm³/mol. The van der Waals surface area contributed by atoms with E-state index in [1.807, 2.05) is 0 Å². The molecule has 0 spiro atoms. The fraction of sp³-hybridized carbons (Fsp3) is 0.625. The molecule has 0 radical (unpaired) electrons. The first kappa shape index (κ1) is 16.4. The number of hydrogen-bond donors (Lipinski definition) is 1. The summed E-state index contributed by atoms with van der Waals surface area (Å²) in [7, 11) is 0. The number of nitrogens with zero attached hydrogens (tertiary/aromatic N) is 1. The van der Waals surface area contributed by atoms with Crippen LogP contribution in [0.5, 0.6) is 0 Å². The highest BCUT2D eigenvalue weighted by Crippen LogP contribution is 2.41. The van der Waals surface area contributed by atoms with Crippen molar-refractivity contribution >= 4 is 23.5 Å². The third kappa shape index (κ3) is 3.26. The van der Waals surface area contributed by atoms with Gasteiger partial charge in [-0.05, 0) is 39.0 Å². The number of hydrogen-bond acceptors (Lipinski definition) is 4. The number of carbonyl (C=O) groups excluding carboxylic acids is 4. The molecule has 0 aromatic carbocycles. The van der Waals surface area contributed by atoms with E-state index in [1.54, 1.807) is 0 Å². The number of ketones is 1. The number of imide groups is 1. The molecule has 0 atom stereocenters. The van der Waals surface area contributed by atoms with Crippen LogP contribution in [0.15, 0.2) is 12.2 Å². The van der Waals surface area contributed by atoms with Gasteiger partial charge in [0.2, 0.25) is 5.91 Å². The van der Waals surface area contributed by atoms with Gasteiger partial charge in [-0.3, -0.25) is 24.1 Å². The average molecular weight is 306 g/mol. The predicted octanol–water partition coefficient (Wildman–Crippen LogP) is 0.957. The molecule has 0 unspecified atom stereocenters. The topological polar surface area (TPSA) is 83.6 Å². The highest BCUT2D eigenvalue weighted by atomic mass is 16.2. The fourth-order valence-electron chi connectivity index (χ4n) is 2.86. The molecule has 3 amide bonds. The SMILES string of the molecule is CC(=O)C1(C(=O)NCCCCCN2C(=O)C=CC2=O)CCC1. The Morgan fingerprint density at radius 3 is 2.27 bits per heavy atom. The van der Waals surface area contributed by atoms with E-state index in [1.165, 1.54) is 24.0 Å². The normalized spacial score (nSPS) is 19.2. The molecule has 0 bridgehead atoms. The number of rotatable bonds is 8. The van der Waals surface area contributed by atoms with E-state index in [-0.39, 0.29) is 23.5 Å². The monoisotopic (exact) mass is 306 g/mol. The maximum absolute atomic E-state index is 12.1. The first-order valence-corrected chi connectivity index (χ1v) is 7.80. The van der Waals surface area contributed by atoms with Crippen molar-refractivity contribution in [1.29, 1.82) is 0 Å². The summed E-state index contributed by atoms with van der Waals surface area (Å²) in [4.78, 5) is 47.6. The zero-order valence-corrected chi connectivity index (χ0v) is 12.9. The van der Waals surface area contributed by atoms with Crippen LogP contribution in [0.25, 0.3) is 0 Å². The van der Waals surface area contributed by atoms with Crippen molar-refractivity contribution in [3.8, 4) is 0 Å². The van der Waals surface area contributed by atoms with Crippen molar-refractivity contribution in [3.05, 3.63) is 12.2 Å². The Balaban J connectivity index is 1.60. The summed E-state index contributed by atoms with van der Waals surface area (Å²) in [6.45, 7) is 2.42. The lowest BCUT2D eigenvalue weighted by Crippen LogP contribution is -2.50. The maximum Gasteiger partial charge on any atom is 0.253 e. The van der Waals surface area contributed by atoms with E-state index in [4.69, 9.17) is 0 Å². The second-order valence-corrected chi connectivity index (χ2v) is 5.97. The van der Waals surface area contributed by atoms with Crippen LogP contribution in [0.4, 0.5) is 0 Å². The Hall–Kier alpha value is -1.98. The van der Waals surface area contributed by atoms with Crippen molar-refractivity contribution in [2.45, 2.75) is 45.4 Å². The van der Waals surface area contributed by atoms with Gasteiger partial charge in [0.1, 0.15) is 11.2 Å². The van der Waals surface area contributed by atoms with Crippen LogP contribution in [0.2, 0.25) is 0 Å². The highest BCUT2D eigenvalue weighted by molar-refractivity contribution is 6.12. The first-order chi connectivity index (χ1) is 10.5. The third-order valence-corrected chi connectivity index (χ3v) is 4.56. The van der Waals surface area contributed by atoms with Crippen LogP contribution in [0, 0.1) is 5.41 Å². The molecule has 2 rings (SSSR count). The molecule has 120 valence electrons. The number of Topliss-reactive ketones (excluding diaryl/α,β-unsaturated/α-hetero) is 1. The van der Waals surface area contributed by atoms with Crippen LogP contribution in [-0.2, 0) is 19.2 Å². The molecule has 6 heteroatoms. The lowest BCUT2D eigenvalue weighted by atomic mass is 9.65. The molecule has 1 fully saturated rings. The van der Waals surface area contributed by atoms with E-state index in [2.05, 4.69) is 5.32 Å². The molecule has 1 aliphatic heterocycles. The molecule has 6 nitrogen and oxygen atoms in total. The smallest absolute Gasteiger partial charge is 0.253 e. The summed E-state index contributed by atoms with van der Waals surface area (Å²) >= 11 is 0. The highest BCUT2D eigenvalue weighted by Gasteiger charge is 2.48. The van der Waals surface area contributed by atoms with Gasteiger partial charge in [0.15, 0.2) is 0 Å². The second kappa shape index (κ2) is 6.85. The lowest BCUT2D eigenvalue weighted by Gasteiger charge is -2.37. The quantitative estimate of drug-likeness (QED) is 0.411. The number of amides is 3. The molecule has 0 aromatic heterocycles. The van der Waals surface area contributed by atoms with Crippen molar-refractivity contribution in [3.63, 3.8) is 0 Å². The molecular weight excluding hydrogens is 284 g/mol. The van der Waals surface area contributed by atoms with E-state index < -0.39 is 5.41 Å². The molecule has 1 aliphatic carbocycles. The Labute approximate surface area is 129 Å². The minimum atomic E-state index is -0.778. The number of unbranched alkanes of at least 4 members (excludes halogenated alkanes) is 2. The molecule has 2 aliphatic rings. The molecular formula is C16H22N2O4. The molecule has 0 saturated heterocycles. The molecule has 1 saturated carbocycles. The average Bonchev–Trinajstić information content (AvgIpc) is 2.72. The van der Waals surface area contributed by atoms with Crippen LogP contribution < -0.4 is 5.32 Å². The van der Waals surface area contributed by atoms with Gasteiger partial charge >= 0.3 is 0 Å². The summed E-state index contributed by atoms with van der Waals surface area (Å²) in [5.74, 6) is -0.714. The Kier molecular flexibility index (Phi) is 5.11. The van der Waals surface area contributed by atoms with E-state index >= 15 is 0 Å². The summed E-state index contributed by atoms with van der Waals surface area (Å²) in [5, 5.41) is 2.83. The summed E-state index contributed by atoms with van der Waals surface area (Å²) < 4.78 is 0. The van der Waals surface area contributed by atoms with Crippen molar-refractivity contribution in [2.24, 2.45) is 5.41 Å². The zero-order valence-electron chi connectivity index (χ0n) is 12.9. The van der Waals surface area contributed by atoms with E-state index in [0.717, 1.165) is 19.3 Å². The minimum Gasteiger partial charge on any atom is -0.355 e. The van der Waals surface area contributed by atoms with Crippen molar-refractivity contribution < 1.29 is 19.2 Å². The standard InChI is InChI=1S/C16H22N2O4/c1-12(19)16(8-5-9-16)15(22)17-10-3-2-4-11-18-13(20)6-7-14(18)21/h6-7H,2-5,8-11H2,1H3,(H,17,22). The molecule has 22 heavy (non-hydrogen) atoms. The largest absolute Gasteiger partial charge is 0.355 e. The Morgan fingerprint density at radius 1 is 1.14 bits per heavy atom. The lowest BCUT2D eigenvalue weighted by molar-refractivity contribution is -0.147. The summed E-state index contributed by atoms with van der Waals surface area (Å²) in [5.41, 5.74) is -0.778. The summed E-state index contributed by atoms with van der Waals surface area (Å²) in [6.07, 6.45) is 7.09. The van der Waals surface area contributed by atoms with Crippen LogP contribution in [0.1, 0.15) is 45.4 Å².